The van der Waals surface area contributed by atoms with Gasteiger partial charge in [-0.3, -0.25) is 4.79 Å². The predicted octanol–water partition coefficient (Wildman–Crippen LogP) is 4.65. The molecule has 3 rings (SSSR count). The van der Waals surface area contributed by atoms with Gasteiger partial charge in [-0.25, -0.2) is 14.4 Å². The van der Waals surface area contributed by atoms with Gasteiger partial charge in [0.2, 0.25) is 5.91 Å². The molecule has 3 aromatic rings. The fraction of sp³-hybridized carbons (Fsp3) is 0.174. The third-order valence-electron chi connectivity index (χ3n) is 4.14. The zero-order valence-corrected chi connectivity index (χ0v) is 18.4. The lowest BCUT2D eigenvalue weighted by molar-refractivity contribution is -0.111. The number of halogens is 2. The number of hydrogen-bond donors (Lipinski definition) is 2. The third-order valence-corrected chi connectivity index (χ3v) is 4.43. The van der Waals surface area contributed by atoms with E-state index in [-0.39, 0.29) is 17.5 Å². The molecule has 1 aromatic heterocycles. The van der Waals surface area contributed by atoms with Gasteiger partial charge in [-0.1, -0.05) is 23.7 Å². The van der Waals surface area contributed by atoms with E-state index < -0.39 is 5.82 Å². The fourth-order valence-electron chi connectivity index (χ4n) is 2.65. The molecule has 0 saturated carbocycles. The molecule has 2 aromatic carbocycles. The summed E-state index contributed by atoms with van der Waals surface area (Å²) in [6, 6.07) is 13.2. The quantitative estimate of drug-likeness (QED) is 0.457. The average molecular weight is 456 g/mol. The van der Waals surface area contributed by atoms with Gasteiger partial charge in [0.15, 0.2) is 0 Å². The molecule has 2 N–H and O–H groups in total. The molecule has 1 heterocycles. The second kappa shape index (κ2) is 11.2. The summed E-state index contributed by atoms with van der Waals surface area (Å²) in [4.78, 5) is 22.4. The summed E-state index contributed by atoms with van der Waals surface area (Å²) in [5, 5.41) is 6.00. The minimum absolute atomic E-state index is 0.00675. The number of anilines is 3. The minimum atomic E-state index is -0.504. The van der Waals surface area contributed by atoms with Crippen LogP contribution in [0.1, 0.15) is 5.69 Å². The van der Waals surface area contributed by atoms with Gasteiger partial charge in [0.05, 0.1) is 10.7 Å². The first-order valence-electron chi connectivity index (χ1n) is 9.77. The Hall–Kier alpha value is -3.49. The number of carbonyl (C=O) groups is 1. The molecular weight excluding hydrogens is 433 g/mol. The average Bonchev–Trinajstić information content (AvgIpc) is 2.75. The molecule has 0 saturated heterocycles. The van der Waals surface area contributed by atoms with Crippen molar-refractivity contribution < 1.29 is 13.9 Å². The Morgan fingerprint density at radius 1 is 1.16 bits per heavy atom. The summed E-state index contributed by atoms with van der Waals surface area (Å²) >= 11 is 5.77. The Bertz CT molecular complexity index is 1110. The lowest BCUT2D eigenvalue weighted by Gasteiger charge is -2.10. The summed E-state index contributed by atoms with van der Waals surface area (Å²) in [5.41, 5.74) is 2.02. The van der Waals surface area contributed by atoms with Gasteiger partial charge in [0.25, 0.3) is 0 Å². The largest absolute Gasteiger partial charge is 0.487 e. The first kappa shape index (κ1) is 23.2. The number of nitrogens with zero attached hydrogens (tertiary/aromatic N) is 3. The first-order valence-corrected chi connectivity index (χ1v) is 10.1. The van der Waals surface area contributed by atoms with Crippen LogP contribution in [0, 0.1) is 5.82 Å². The summed E-state index contributed by atoms with van der Waals surface area (Å²) < 4.78 is 18.9. The van der Waals surface area contributed by atoms with E-state index in [1.165, 1.54) is 30.6 Å². The van der Waals surface area contributed by atoms with Gasteiger partial charge in [0, 0.05) is 36.1 Å². The van der Waals surface area contributed by atoms with Crippen molar-refractivity contribution in [3.63, 3.8) is 0 Å². The van der Waals surface area contributed by atoms with E-state index >= 15 is 0 Å². The molecule has 7 nitrogen and oxygen atoms in total. The van der Waals surface area contributed by atoms with E-state index in [2.05, 4.69) is 20.6 Å². The number of rotatable bonds is 9. The monoisotopic (exact) mass is 455 g/mol. The van der Waals surface area contributed by atoms with Crippen LogP contribution in [-0.2, 0) is 11.4 Å². The number of nitrogens with one attached hydrogen (secondary N) is 2. The van der Waals surface area contributed by atoms with Crippen LogP contribution in [0.4, 0.5) is 21.6 Å². The third kappa shape index (κ3) is 7.33. The molecule has 0 bridgehead atoms. The van der Waals surface area contributed by atoms with Crippen LogP contribution in [0.5, 0.6) is 5.75 Å². The molecule has 0 aliphatic heterocycles. The van der Waals surface area contributed by atoms with E-state index in [1.54, 1.807) is 24.3 Å². The van der Waals surface area contributed by atoms with Crippen LogP contribution in [0.25, 0.3) is 0 Å². The minimum Gasteiger partial charge on any atom is -0.487 e. The molecule has 9 heteroatoms. The van der Waals surface area contributed by atoms with Crippen LogP contribution in [0.15, 0.2) is 67.0 Å². The molecule has 0 fully saturated rings. The van der Waals surface area contributed by atoms with Crippen molar-refractivity contribution in [3.05, 3.63) is 83.5 Å². The highest BCUT2D eigenvalue weighted by Crippen LogP contribution is 2.22. The highest BCUT2D eigenvalue weighted by Gasteiger charge is 2.05. The maximum Gasteiger partial charge on any atom is 0.248 e. The van der Waals surface area contributed by atoms with Gasteiger partial charge in [-0.15, -0.1) is 0 Å². The fourth-order valence-corrected chi connectivity index (χ4v) is 2.82. The lowest BCUT2D eigenvalue weighted by atomic mass is 10.2. The van der Waals surface area contributed by atoms with Gasteiger partial charge in [0.1, 0.15) is 30.3 Å². The molecule has 1 amide bonds. The SMILES string of the molecule is CN(C)CC=CC(=O)Nc1cccc(Nc2cc(COc3ccc(F)c(Cl)c3)ncn2)c1. The van der Waals surface area contributed by atoms with Crippen molar-refractivity contribution in [1.29, 1.82) is 0 Å². The number of benzene rings is 2. The van der Waals surface area contributed by atoms with Crippen LogP contribution in [0.3, 0.4) is 0 Å². The summed E-state index contributed by atoms with van der Waals surface area (Å²) in [7, 11) is 3.86. The number of aromatic nitrogens is 2. The standard InChI is InChI=1S/C23H23ClFN5O2/c1-30(2)10-4-7-23(31)29-17-6-3-5-16(11-17)28-22-12-18(26-15-27-22)14-32-19-8-9-21(25)20(24)13-19/h3-9,11-13,15H,10,14H2,1-2H3,(H,29,31)(H,26,27,28). The Labute approximate surface area is 190 Å². The highest BCUT2D eigenvalue weighted by atomic mass is 35.5. The van der Waals surface area contributed by atoms with E-state index in [0.29, 0.717) is 29.5 Å². The molecular formula is C23H23ClFN5O2. The zero-order chi connectivity index (χ0) is 22.9. The molecule has 0 aliphatic rings. The Morgan fingerprint density at radius 2 is 1.97 bits per heavy atom. The van der Waals surface area contributed by atoms with E-state index in [4.69, 9.17) is 16.3 Å². The van der Waals surface area contributed by atoms with E-state index in [0.717, 1.165) is 5.69 Å². The van der Waals surface area contributed by atoms with Crippen LogP contribution in [-0.4, -0.2) is 41.4 Å². The summed E-state index contributed by atoms with van der Waals surface area (Å²) in [5.74, 6) is 0.291. The molecule has 32 heavy (non-hydrogen) atoms. The molecule has 0 spiro atoms. The number of likely N-dealkylation sites (N-methyl/N-ethyl adjacent to an activating group) is 1. The van der Waals surface area contributed by atoms with Crippen molar-refractivity contribution in [2.24, 2.45) is 0 Å². The Balaban J connectivity index is 1.60. The van der Waals surface area contributed by atoms with Crippen LogP contribution in [0.2, 0.25) is 5.02 Å². The summed E-state index contributed by atoms with van der Waals surface area (Å²) in [6.45, 7) is 0.845. The maximum atomic E-state index is 13.3. The zero-order valence-electron chi connectivity index (χ0n) is 17.7. The number of hydrogen-bond acceptors (Lipinski definition) is 6. The Kier molecular flexibility index (Phi) is 8.13. The summed E-state index contributed by atoms with van der Waals surface area (Å²) in [6.07, 6.45) is 4.72. The molecule has 0 radical (unpaired) electrons. The number of carbonyl (C=O) groups excluding carboxylic acids is 1. The number of amides is 1. The molecule has 0 aliphatic carbocycles. The second-order valence-corrected chi connectivity index (χ2v) is 7.53. The predicted molar refractivity (Wildman–Crippen MR) is 124 cm³/mol. The van der Waals surface area contributed by atoms with Gasteiger partial charge in [-0.05, 0) is 44.4 Å². The van der Waals surface area contributed by atoms with Crippen molar-refractivity contribution >= 4 is 34.7 Å². The number of ether oxygens (including phenoxy) is 1. The lowest BCUT2D eigenvalue weighted by Crippen LogP contribution is -2.13. The second-order valence-electron chi connectivity index (χ2n) is 7.12. The van der Waals surface area contributed by atoms with Gasteiger partial charge >= 0.3 is 0 Å². The van der Waals surface area contributed by atoms with Crippen molar-refractivity contribution in [2.75, 3.05) is 31.3 Å². The molecule has 0 atom stereocenters. The topological polar surface area (TPSA) is 79.4 Å². The van der Waals surface area contributed by atoms with Crippen molar-refractivity contribution in [2.45, 2.75) is 6.61 Å². The Morgan fingerprint density at radius 3 is 2.75 bits per heavy atom. The highest BCUT2D eigenvalue weighted by molar-refractivity contribution is 6.30. The molecule has 0 unspecified atom stereocenters. The van der Waals surface area contributed by atoms with Crippen LogP contribution >= 0.6 is 11.6 Å². The van der Waals surface area contributed by atoms with Crippen molar-refractivity contribution in [1.82, 2.24) is 14.9 Å². The first-order chi connectivity index (χ1) is 15.4. The molecule has 166 valence electrons. The van der Waals surface area contributed by atoms with E-state index in [9.17, 15) is 9.18 Å². The van der Waals surface area contributed by atoms with Gasteiger partial charge in [-0.2, -0.15) is 0 Å². The van der Waals surface area contributed by atoms with Gasteiger partial charge < -0.3 is 20.3 Å². The smallest absolute Gasteiger partial charge is 0.248 e. The normalized spacial score (nSPS) is 11.0. The van der Waals surface area contributed by atoms with Crippen LogP contribution < -0.4 is 15.4 Å². The van der Waals surface area contributed by atoms with Crippen molar-refractivity contribution in [3.8, 4) is 5.75 Å². The maximum absolute atomic E-state index is 13.3. The van der Waals surface area contributed by atoms with E-state index in [1.807, 2.05) is 31.1 Å².